The summed E-state index contributed by atoms with van der Waals surface area (Å²) in [5.74, 6) is 0.286. The number of methoxy groups -OCH3 is 3. The highest BCUT2D eigenvalue weighted by Crippen LogP contribution is 2.34. The van der Waals surface area contributed by atoms with E-state index in [0.717, 1.165) is 5.56 Å². The molecule has 10 nitrogen and oxygen atoms in total. The number of carbonyl (C=O) groups excluding carboxylic acids is 2. The summed E-state index contributed by atoms with van der Waals surface area (Å²) in [7, 11) is 4.51. The van der Waals surface area contributed by atoms with Crippen molar-refractivity contribution in [3.63, 3.8) is 0 Å². The highest BCUT2D eigenvalue weighted by molar-refractivity contribution is 6.11. The van der Waals surface area contributed by atoms with E-state index < -0.39 is 5.97 Å². The van der Waals surface area contributed by atoms with E-state index in [4.69, 9.17) is 18.9 Å². The number of benzene rings is 1. The van der Waals surface area contributed by atoms with Gasteiger partial charge in [0.15, 0.2) is 17.2 Å². The SMILES string of the molecule is CCn1c(C(=O)OC)c(NC(=O)C2CCOC2)c2cc(NCc3cccc(OC)c3OC)cnc21. The Morgan fingerprint density at radius 2 is 2.06 bits per heavy atom. The van der Waals surface area contributed by atoms with Crippen molar-refractivity contribution in [2.45, 2.75) is 26.4 Å². The van der Waals surface area contributed by atoms with Crippen LogP contribution in [0.3, 0.4) is 0 Å². The Labute approximate surface area is 203 Å². The van der Waals surface area contributed by atoms with Crippen LogP contribution in [0.15, 0.2) is 30.5 Å². The molecular weight excluding hydrogens is 452 g/mol. The van der Waals surface area contributed by atoms with Crippen molar-refractivity contribution in [1.29, 1.82) is 0 Å². The minimum Gasteiger partial charge on any atom is -0.493 e. The molecule has 1 unspecified atom stereocenters. The topological polar surface area (TPSA) is 113 Å². The molecule has 3 aromatic rings. The van der Waals surface area contributed by atoms with Crippen LogP contribution >= 0.6 is 0 Å². The minimum absolute atomic E-state index is 0.192. The molecule has 2 N–H and O–H groups in total. The molecule has 1 aromatic carbocycles. The van der Waals surface area contributed by atoms with Crippen molar-refractivity contribution in [1.82, 2.24) is 9.55 Å². The Kier molecular flexibility index (Phi) is 7.40. The number of aromatic nitrogens is 2. The van der Waals surface area contributed by atoms with E-state index in [9.17, 15) is 9.59 Å². The average molecular weight is 483 g/mol. The predicted octanol–water partition coefficient (Wildman–Crippen LogP) is 3.45. The molecular formula is C25H30N4O6. The fourth-order valence-electron chi connectivity index (χ4n) is 4.32. The first-order valence-corrected chi connectivity index (χ1v) is 11.4. The van der Waals surface area contributed by atoms with Crippen molar-refractivity contribution in [2.75, 3.05) is 45.2 Å². The number of para-hydroxylation sites is 1. The highest BCUT2D eigenvalue weighted by atomic mass is 16.5. The smallest absolute Gasteiger partial charge is 0.356 e. The first-order valence-electron chi connectivity index (χ1n) is 11.4. The molecule has 1 saturated heterocycles. The normalized spacial score (nSPS) is 15.1. The van der Waals surface area contributed by atoms with Gasteiger partial charge in [-0.25, -0.2) is 9.78 Å². The van der Waals surface area contributed by atoms with Gasteiger partial charge in [0.1, 0.15) is 5.65 Å². The molecule has 3 heterocycles. The van der Waals surface area contributed by atoms with Gasteiger partial charge in [0.05, 0.1) is 51.4 Å². The van der Waals surface area contributed by atoms with Gasteiger partial charge in [-0.2, -0.15) is 0 Å². The Morgan fingerprint density at radius 3 is 2.71 bits per heavy atom. The zero-order valence-electron chi connectivity index (χ0n) is 20.3. The Morgan fingerprint density at radius 1 is 1.23 bits per heavy atom. The lowest BCUT2D eigenvalue weighted by Crippen LogP contribution is -2.24. The zero-order chi connectivity index (χ0) is 24.9. The monoisotopic (exact) mass is 482 g/mol. The lowest BCUT2D eigenvalue weighted by Gasteiger charge is -2.14. The van der Waals surface area contributed by atoms with Gasteiger partial charge >= 0.3 is 5.97 Å². The molecule has 1 amide bonds. The fourth-order valence-corrected chi connectivity index (χ4v) is 4.32. The summed E-state index contributed by atoms with van der Waals surface area (Å²) >= 11 is 0. The van der Waals surface area contributed by atoms with Crippen molar-refractivity contribution in [3.05, 3.63) is 41.7 Å². The van der Waals surface area contributed by atoms with Gasteiger partial charge in [-0.05, 0) is 25.5 Å². The number of nitrogens with zero attached hydrogens (tertiary/aromatic N) is 2. The maximum Gasteiger partial charge on any atom is 0.356 e. The number of amides is 1. The summed E-state index contributed by atoms with van der Waals surface area (Å²) in [6, 6.07) is 7.54. The van der Waals surface area contributed by atoms with Crippen molar-refractivity contribution in [3.8, 4) is 11.5 Å². The molecule has 0 spiro atoms. The van der Waals surface area contributed by atoms with Gasteiger partial charge in [-0.1, -0.05) is 12.1 Å². The largest absolute Gasteiger partial charge is 0.493 e. The number of hydrogen-bond acceptors (Lipinski definition) is 8. The number of anilines is 2. The van der Waals surface area contributed by atoms with Crippen LogP contribution in [0.5, 0.6) is 11.5 Å². The molecule has 10 heteroatoms. The van der Waals surface area contributed by atoms with Crippen LogP contribution in [0.4, 0.5) is 11.4 Å². The molecule has 1 aliphatic heterocycles. The number of aryl methyl sites for hydroxylation is 1. The van der Waals surface area contributed by atoms with E-state index in [1.54, 1.807) is 25.0 Å². The maximum absolute atomic E-state index is 12.9. The molecule has 2 aromatic heterocycles. The van der Waals surface area contributed by atoms with Gasteiger partial charge in [-0.15, -0.1) is 0 Å². The van der Waals surface area contributed by atoms with E-state index in [-0.39, 0.29) is 17.5 Å². The van der Waals surface area contributed by atoms with Crippen LogP contribution in [0, 0.1) is 5.92 Å². The van der Waals surface area contributed by atoms with Crippen LogP contribution in [0.2, 0.25) is 0 Å². The molecule has 0 radical (unpaired) electrons. The molecule has 35 heavy (non-hydrogen) atoms. The third kappa shape index (κ3) is 4.74. The van der Waals surface area contributed by atoms with Crippen LogP contribution in [-0.2, 0) is 27.4 Å². The van der Waals surface area contributed by atoms with Crippen LogP contribution in [0.1, 0.15) is 29.4 Å². The second-order valence-corrected chi connectivity index (χ2v) is 8.11. The van der Waals surface area contributed by atoms with Gasteiger partial charge in [0.25, 0.3) is 0 Å². The maximum atomic E-state index is 12.9. The summed E-state index contributed by atoms with van der Waals surface area (Å²) < 4.78 is 23.0. The predicted molar refractivity (Wildman–Crippen MR) is 131 cm³/mol. The number of carbonyl (C=O) groups is 2. The molecule has 0 bridgehead atoms. The molecule has 4 rings (SSSR count). The molecule has 186 valence electrons. The second kappa shape index (κ2) is 10.6. The third-order valence-electron chi connectivity index (χ3n) is 6.11. The third-order valence-corrected chi connectivity index (χ3v) is 6.11. The van der Waals surface area contributed by atoms with Gasteiger partial charge in [0, 0.05) is 30.6 Å². The molecule has 1 fully saturated rings. The van der Waals surface area contributed by atoms with Gasteiger partial charge < -0.3 is 34.1 Å². The Bertz CT molecular complexity index is 1230. The second-order valence-electron chi connectivity index (χ2n) is 8.11. The lowest BCUT2D eigenvalue weighted by molar-refractivity contribution is -0.119. The number of rotatable bonds is 9. The Balaban J connectivity index is 1.71. The standard InChI is InChI=1S/C25H30N4O6/c1-5-29-21(25(31)34-4)20(28-24(30)16-9-10-35-14-16)18-11-17(13-27-23(18)29)26-12-15-7-6-8-19(32-2)22(15)33-3/h6-8,11,13,16,26H,5,9-10,12,14H2,1-4H3,(H,28,30). The number of pyridine rings is 1. The first kappa shape index (κ1) is 24.3. The van der Waals surface area contributed by atoms with Gasteiger partial charge in [-0.3, -0.25) is 4.79 Å². The average Bonchev–Trinajstić information content (AvgIpc) is 3.53. The van der Waals surface area contributed by atoms with Crippen molar-refractivity contribution < 1.29 is 28.5 Å². The van der Waals surface area contributed by atoms with E-state index in [2.05, 4.69) is 15.6 Å². The van der Waals surface area contributed by atoms with Gasteiger partial charge in [0.2, 0.25) is 5.91 Å². The van der Waals surface area contributed by atoms with Crippen LogP contribution in [-0.4, -0.2) is 56.0 Å². The van der Waals surface area contributed by atoms with Crippen molar-refractivity contribution >= 4 is 34.3 Å². The fraction of sp³-hybridized carbons (Fsp3) is 0.400. The summed E-state index contributed by atoms with van der Waals surface area (Å²) in [6.45, 7) is 3.74. The zero-order valence-corrected chi connectivity index (χ0v) is 20.3. The first-order chi connectivity index (χ1) is 17.0. The van der Waals surface area contributed by atoms with E-state index in [1.165, 1.54) is 7.11 Å². The van der Waals surface area contributed by atoms with Crippen molar-refractivity contribution in [2.24, 2.45) is 5.92 Å². The molecule has 0 saturated carbocycles. The quantitative estimate of drug-likeness (QED) is 0.446. The number of nitrogens with one attached hydrogen (secondary N) is 2. The summed E-state index contributed by atoms with van der Waals surface area (Å²) in [4.78, 5) is 30.3. The van der Waals surface area contributed by atoms with E-state index >= 15 is 0 Å². The number of ether oxygens (including phenoxy) is 4. The molecule has 0 aliphatic carbocycles. The summed E-state index contributed by atoms with van der Waals surface area (Å²) in [5.41, 5.74) is 2.85. The summed E-state index contributed by atoms with van der Waals surface area (Å²) in [5, 5.41) is 6.94. The lowest BCUT2D eigenvalue weighted by atomic mass is 10.1. The minimum atomic E-state index is -0.543. The molecule has 1 aliphatic rings. The number of hydrogen-bond donors (Lipinski definition) is 2. The Hall–Kier alpha value is -3.79. The van der Waals surface area contributed by atoms with E-state index in [0.29, 0.717) is 66.6 Å². The highest BCUT2D eigenvalue weighted by Gasteiger charge is 2.29. The van der Waals surface area contributed by atoms with Crippen LogP contribution in [0.25, 0.3) is 11.0 Å². The number of fused-ring (bicyclic) bond motifs is 1. The summed E-state index contributed by atoms with van der Waals surface area (Å²) in [6.07, 6.45) is 2.33. The van der Waals surface area contributed by atoms with Crippen LogP contribution < -0.4 is 20.1 Å². The van der Waals surface area contributed by atoms with E-state index in [1.807, 2.05) is 31.2 Å². The number of esters is 1. The molecule has 1 atom stereocenters.